The Kier molecular flexibility index (Phi) is 3.64. The fourth-order valence-electron chi connectivity index (χ4n) is 1.93. The van der Waals surface area contributed by atoms with Gasteiger partial charge in [0.1, 0.15) is 0 Å². The van der Waals surface area contributed by atoms with Crippen LogP contribution in [0.1, 0.15) is 30.1 Å². The number of aromatic nitrogens is 2. The molecule has 0 unspecified atom stereocenters. The Balaban J connectivity index is 1.69. The predicted molar refractivity (Wildman–Crippen MR) is 69.6 cm³/mol. The predicted octanol–water partition coefficient (Wildman–Crippen LogP) is 2.35. The lowest BCUT2D eigenvalue weighted by molar-refractivity contribution is 0.269. The first-order valence-corrected chi connectivity index (χ1v) is 6.65. The van der Waals surface area contributed by atoms with Crippen LogP contribution in [0.15, 0.2) is 22.7 Å². The minimum Gasteiger partial charge on any atom is -0.482 e. The SMILES string of the molecule is Cc1nc(COc2c(F)cccc2CNC2CC2)no1. The van der Waals surface area contributed by atoms with Crippen LogP contribution in [0.4, 0.5) is 4.39 Å². The second-order valence-corrected chi connectivity index (χ2v) is 4.90. The second kappa shape index (κ2) is 5.58. The topological polar surface area (TPSA) is 60.2 Å². The largest absolute Gasteiger partial charge is 0.482 e. The van der Waals surface area contributed by atoms with Gasteiger partial charge in [0.05, 0.1) is 0 Å². The summed E-state index contributed by atoms with van der Waals surface area (Å²) in [7, 11) is 0. The van der Waals surface area contributed by atoms with Crippen LogP contribution in [-0.4, -0.2) is 16.2 Å². The maximum atomic E-state index is 13.9. The van der Waals surface area contributed by atoms with E-state index in [2.05, 4.69) is 15.5 Å². The van der Waals surface area contributed by atoms with Gasteiger partial charge < -0.3 is 14.6 Å². The summed E-state index contributed by atoms with van der Waals surface area (Å²) in [6, 6.07) is 5.49. The summed E-state index contributed by atoms with van der Waals surface area (Å²) >= 11 is 0. The van der Waals surface area contributed by atoms with E-state index in [-0.39, 0.29) is 18.2 Å². The van der Waals surface area contributed by atoms with Gasteiger partial charge in [-0.15, -0.1) is 0 Å². The van der Waals surface area contributed by atoms with Crippen molar-refractivity contribution in [3.63, 3.8) is 0 Å². The molecule has 1 aliphatic carbocycles. The Hall–Kier alpha value is -1.95. The highest BCUT2D eigenvalue weighted by atomic mass is 19.1. The van der Waals surface area contributed by atoms with Crippen LogP contribution in [0, 0.1) is 12.7 Å². The molecule has 1 N–H and O–H groups in total. The number of hydrogen-bond acceptors (Lipinski definition) is 5. The lowest BCUT2D eigenvalue weighted by atomic mass is 10.2. The lowest BCUT2D eigenvalue weighted by Gasteiger charge is -2.11. The van der Waals surface area contributed by atoms with Crippen molar-refractivity contribution in [2.75, 3.05) is 0 Å². The number of rotatable bonds is 6. The molecule has 0 radical (unpaired) electrons. The van der Waals surface area contributed by atoms with Crippen LogP contribution in [0.2, 0.25) is 0 Å². The molecule has 0 amide bonds. The molecule has 106 valence electrons. The van der Waals surface area contributed by atoms with Crippen molar-refractivity contribution in [1.29, 1.82) is 0 Å². The molecule has 6 heteroatoms. The van der Waals surface area contributed by atoms with E-state index in [4.69, 9.17) is 9.26 Å². The van der Waals surface area contributed by atoms with Crippen LogP contribution in [0.5, 0.6) is 5.75 Å². The molecular weight excluding hydrogens is 261 g/mol. The van der Waals surface area contributed by atoms with Gasteiger partial charge in [0.25, 0.3) is 0 Å². The average molecular weight is 277 g/mol. The third-order valence-electron chi connectivity index (χ3n) is 3.12. The first-order valence-electron chi connectivity index (χ1n) is 6.65. The van der Waals surface area contributed by atoms with E-state index in [9.17, 15) is 4.39 Å². The maximum absolute atomic E-state index is 13.9. The molecule has 0 atom stereocenters. The molecule has 0 bridgehead atoms. The van der Waals surface area contributed by atoms with E-state index in [0.717, 1.165) is 5.56 Å². The Labute approximate surface area is 116 Å². The molecule has 0 saturated heterocycles. The van der Waals surface area contributed by atoms with Crippen molar-refractivity contribution in [1.82, 2.24) is 15.5 Å². The van der Waals surface area contributed by atoms with Crippen LogP contribution < -0.4 is 10.1 Å². The molecule has 0 spiro atoms. The average Bonchev–Trinajstić information content (AvgIpc) is 3.17. The summed E-state index contributed by atoms with van der Waals surface area (Å²) in [6.45, 7) is 2.39. The van der Waals surface area contributed by atoms with Crippen LogP contribution in [-0.2, 0) is 13.2 Å². The molecular formula is C14H16FN3O2. The number of aryl methyl sites for hydroxylation is 1. The van der Waals surface area contributed by atoms with Gasteiger partial charge in [-0.2, -0.15) is 4.98 Å². The van der Waals surface area contributed by atoms with E-state index < -0.39 is 0 Å². The van der Waals surface area contributed by atoms with Crippen LogP contribution >= 0.6 is 0 Å². The van der Waals surface area contributed by atoms with Gasteiger partial charge in [-0.3, -0.25) is 0 Å². The number of ether oxygens (including phenoxy) is 1. The summed E-state index contributed by atoms with van der Waals surface area (Å²) in [5, 5.41) is 7.07. The van der Waals surface area contributed by atoms with Gasteiger partial charge in [0.2, 0.25) is 11.7 Å². The third kappa shape index (κ3) is 3.14. The minimum absolute atomic E-state index is 0.0920. The number of para-hydroxylation sites is 1. The van der Waals surface area contributed by atoms with E-state index >= 15 is 0 Å². The van der Waals surface area contributed by atoms with E-state index in [1.807, 2.05) is 6.07 Å². The monoisotopic (exact) mass is 277 g/mol. The highest BCUT2D eigenvalue weighted by Crippen LogP contribution is 2.25. The summed E-state index contributed by atoms with van der Waals surface area (Å²) in [6.07, 6.45) is 2.38. The zero-order valence-electron chi connectivity index (χ0n) is 11.2. The zero-order valence-corrected chi connectivity index (χ0v) is 11.2. The quantitative estimate of drug-likeness (QED) is 0.878. The van der Waals surface area contributed by atoms with E-state index in [0.29, 0.717) is 24.3 Å². The zero-order chi connectivity index (χ0) is 13.9. The van der Waals surface area contributed by atoms with Crippen molar-refractivity contribution in [2.45, 2.75) is 39.0 Å². The van der Waals surface area contributed by atoms with Crippen LogP contribution in [0.25, 0.3) is 0 Å². The smallest absolute Gasteiger partial charge is 0.223 e. The number of nitrogens with one attached hydrogen (secondary N) is 1. The fourth-order valence-corrected chi connectivity index (χ4v) is 1.93. The van der Waals surface area contributed by atoms with Crippen molar-refractivity contribution in [3.8, 4) is 5.75 Å². The summed E-state index contributed by atoms with van der Waals surface area (Å²) < 4.78 is 24.3. The number of hydrogen-bond donors (Lipinski definition) is 1. The lowest BCUT2D eigenvalue weighted by Crippen LogP contribution is -2.16. The standard InChI is InChI=1S/C14H16FN3O2/c1-9-17-13(18-20-9)8-19-14-10(3-2-4-12(14)15)7-16-11-5-6-11/h2-4,11,16H,5-8H2,1H3. The molecule has 1 saturated carbocycles. The Morgan fingerprint density at radius 2 is 2.30 bits per heavy atom. The second-order valence-electron chi connectivity index (χ2n) is 4.90. The maximum Gasteiger partial charge on any atom is 0.223 e. The molecule has 0 aliphatic heterocycles. The highest BCUT2D eigenvalue weighted by molar-refractivity contribution is 5.35. The van der Waals surface area contributed by atoms with Gasteiger partial charge >= 0.3 is 0 Å². The van der Waals surface area contributed by atoms with Crippen molar-refractivity contribution < 1.29 is 13.7 Å². The number of benzene rings is 1. The fraction of sp³-hybridized carbons (Fsp3) is 0.429. The third-order valence-corrected chi connectivity index (χ3v) is 3.12. The van der Waals surface area contributed by atoms with Crippen molar-refractivity contribution in [2.24, 2.45) is 0 Å². The summed E-state index contributed by atoms with van der Waals surface area (Å²) in [4.78, 5) is 4.03. The molecule has 1 fully saturated rings. The minimum atomic E-state index is -0.375. The van der Waals surface area contributed by atoms with Gasteiger partial charge in [0.15, 0.2) is 18.2 Å². The van der Waals surface area contributed by atoms with E-state index in [1.165, 1.54) is 18.9 Å². The summed E-state index contributed by atoms with van der Waals surface area (Å²) in [5.41, 5.74) is 0.803. The van der Waals surface area contributed by atoms with Gasteiger partial charge in [-0.05, 0) is 18.9 Å². The number of halogens is 1. The first kappa shape index (κ1) is 13.1. The van der Waals surface area contributed by atoms with Crippen LogP contribution in [0.3, 0.4) is 0 Å². The molecule has 5 nitrogen and oxygen atoms in total. The molecule has 3 rings (SSSR count). The molecule has 20 heavy (non-hydrogen) atoms. The first-order chi connectivity index (χ1) is 9.72. The number of nitrogens with zero attached hydrogens (tertiary/aromatic N) is 2. The summed E-state index contributed by atoms with van der Waals surface area (Å²) in [5.74, 6) is 0.753. The van der Waals surface area contributed by atoms with Crippen molar-refractivity contribution >= 4 is 0 Å². The van der Waals surface area contributed by atoms with Crippen molar-refractivity contribution in [3.05, 3.63) is 41.3 Å². The van der Waals surface area contributed by atoms with Gasteiger partial charge in [-0.25, -0.2) is 4.39 Å². The van der Waals surface area contributed by atoms with E-state index in [1.54, 1.807) is 13.0 Å². The molecule has 1 aliphatic rings. The van der Waals surface area contributed by atoms with Gasteiger partial charge in [0, 0.05) is 25.1 Å². The Bertz CT molecular complexity index is 596. The normalized spacial score (nSPS) is 14.5. The highest BCUT2D eigenvalue weighted by Gasteiger charge is 2.21. The molecule has 2 aromatic rings. The van der Waals surface area contributed by atoms with Gasteiger partial charge in [-0.1, -0.05) is 17.3 Å². The molecule has 1 heterocycles. The Morgan fingerprint density at radius 3 is 3.00 bits per heavy atom. The Morgan fingerprint density at radius 1 is 1.45 bits per heavy atom. The molecule has 1 aromatic heterocycles. The molecule has 1 aromatic carbocycles.